The number of methoxy groups -OCH3 is 1. The largest absolute Gasteiger partial charge is 0.495 e. The van der Waals surface area contributed by atoms with Gasteiger partial charge in [0.1, 0.15) is 11.4 Å². The summed E-state index contributed by atoms with van der Waals surface area (Å²) in [5.74, 6) is -0.337. The lowest BCUT2D eigenvalue weighted by Gasteiger charge is -2.09. The van der Waals surface area contributed by atoms with Crippen LogP contribution in [0.5, 0.6) is 5.75 Å². The Morgan fingerprint density at radius 1 is 1.33 bits per heavy atom. The van der Waals surface area contributed by atoms with Crippen molar-refractivity contribution in [1.82, 2.24) is 4.57 Å². The Balaban J connectivity index is 2.58. The van der Waals surface area contributed by atoms with Gasteiger partial charge in [0.2, 0.25) is 0 Å². The van der Waals surface area contributed by atoms with Gasteiger partial charge in [0.05, 0.1) is 11.6 Å². The van der Waals surface area contributed by atoms with Crippen LogP contribution in [0.3, 0.4) is 0 Å². The van der Waals surface area contributed by atoms with Crippen molar-refractivity contribution in [3.63, 3.8) is 0 Å². The summed E-state index contributed by atoms with van der Waals surface area (Å²) in [6.45, 7) is 0. The van der Waals surface area contributed by atoms with E-state index >= 15 is 0 Å². The molecule has 0 aliphatic rings. The third-order valence-electron chi connectivity index (χ3n) is 2.42. The summed E-state index contributed by atoms with van der Waals surface area (Å²) < 4.78 is 8.31. The van der Waals surface area contributed by atoms with Crippen molar-refractivity contribution in [2.24, 2.45) is 0 Å². The van der Waals surface area contributed by atoms with Gasteiger partial charge in [0.25, 0.3) is 0 Å². The zero-order valence-electron chi connectivity index (χ0n) is 9.35. The van der Waals surface area contributed by atoms with Crippen molar-refractivity contribution in [2.75, 3.05) is 7.11 Å². The molecule has 18 heavy (non-hydrogen) atoms. The lowest BCUT2D eigenvalue weighted by atomic mass is 10.3. The van der Waals surface area contributed by atoms with Gasteiger partial charge in [-0.25, -0.2) is 4.79 Å². The predicted octanol–water partition coefficient (Wildman–Crippen LogP) is 3.71. The second-order valence-corrected chi connectivity index (χ2v) is 5.31. The Labute approximate surface area is 120 Å². The first-order valence-electron chi connectivity index (χ1n) is 4.98. The second kappa shape index (κ2) is 5.16. The maximum atomic E-state index is 11.1. The molecule has 94 valence electrons. The molecule has 2 rings (SSSR count). The minimum Gasteiger partial charge on any atom is -0.495 e. The lowest BCUT2D eigenvalue weighted by Crippen LogP contribution is -2.05. The van der Waals surface area contributed by atoms with Crippen LogP contribution in [0.25, 0.3) is 5.69 Å². The molecule has 0 saturated carbocycles. The molecular weight excluding hydrogens is 366 g/mol. The molecule has 1 heterocycles. The van der Waals surface area contributed by atoms with E-state index in [-0.39, 0.29) is 5.69 Å². The number of aromatic nitrogens is 1. The van der Waals surface area contributed by atoms with E-state index in [0.29, 0.717) is 10.2 Å². The van der Waals surface area contributed by atoms with E-state index in [1.165, 1.54) is 0 Å². The van der Waals surface area contributed by atoms with E-state index in [4.69, 9.17) is 9.84 Å². The number of nitrogens with zero attached hydrogens (tertiary/aromatic N) is 1. The monoisotopic (exact) mass is 373 g/mol. The Kier molecular flexibility index (Phi) is 3.77. The van der Waals surface area contributed by atoms with Crippen LogP contribution >= 0.6 is 31.9 Å². The van der Waals surface area contributed by atoms with Gasteiger partial charge < -0.3 is 14.4 Å². The van der Waals surface area contributed by atoms with Gasteiger partial charge in [-0.2, -0.15) is 0 Å². The number of carboxylic acid groups (broad SMARTS) is 1. The maximum Gasteiger partial charge on any atom is 0.352 e. The molecule has 4 nitrogen and oxygen atoms in total. The topological polar surface area (TPSA) is 51.5 Å². The average Bonchev–Trinajstić information content (AvgIpc) is 2.72. The second-order valence-electron chi connectivity index (χ2n) is 3.54. The molecule has 0 radical (unpaired) electrons. The van der Waals surface area contributed by atoms with Crippen molar-refractivity contribution in [1.29, 1.82) is 0 Å². The molecule has 0 amide bonds. The Morgan fingerprint density at radius 2 is 2.06 bits per heavy atom. The van der Waals surface area contributed by atoms with Crippen LogP contribution in [0, 0.1) is 0 Å². The Bertz CT molecular complexity index is 607. The number of carboxylic acids is 1. The van der Waals surface area contributed by atoms with Gasteiger partial charge >= 0.3 is 5.97 Å². The minimum absolute atomic E-state index is 0.186. The first-order chi connectivity index (χ1) is 8.52. The highest BCUT2D eigenvalue weighted by Crippen LogP contribution is 2.29. The highest BCUT2D eigenvalue weighted by atomic mass is 79.9. The van der Waals surface area contributed by atoms with Crippen molar-refractivity contribution in [3.8, 4) is 11.4 Å². The number of halogens is 2. The number of aromatic carboxylic acids is 1. The Hall–Kier alpha value is -1.27. The van der Waals surface area contributed by atoms with Crippen molar-refractivity contribution in [2.45, 2.75) is 0 Å². The molecule has 0 unspecified atom stereocenters. The van der Waals surface area contributed by atoms with Crippen LogP contribution in [0.2, 0.25) is 0 Å². The number of hydrogen-bond acceptors (Lipinski definition) is 2. The molecule has 1 aromatic carbocycles. The number of carbonyl (C=O) groups is 1. The summed E-state index contributed by atoms with van der Waals surface area (Å²) >= 11 is 6.63. The maximum absolute atomic E-state index is 11.1. The highest BCUT2D eigenvalue weighted by Gasteiger charge is 2.14. The normalized spacial score (nSPS) is 10.4. The van der Waals surface area contributed by atoms with E-state index in [1.807, 2.05) is 12.1 Å². The van der Waals surface area contributed by atoms with Gasteiger partial charge in [0, 0.05) is 22.4 Å². The first-order valence-corrected chi connectivity index (χ1v) is 6.56. The Morgan fingerprint density at radius 3 is 2.67 bits per heavy atom. The molecule has 0 aliphatic heterocycles. The van der Waals surface area contributed by atoms with Gasteiger partial charge in [-0.3, -0.25) is 0 Å². The van der Waals surface area contributed by atoms with Crippen molar-refractivity contribution in [3.05, 3.63) is 45.1 Å². The zero-order chi connectivity index (χ0) is 13.3. The van der Waals surface area contributed by atoms with Gasteiger partial charge in [-0.05, 0) is 50.1 Å². The van der Waals surface area contributed by atoms with E-state index in [0.717, 1.165) is 10.2 Å². The van der Waals surface area contributed by atoms with Crippen LogP contribution in [0.4, 0.5) is 0 Å². The summed E-state index contributed by atoms with van der Waals surface area (Å²) in [6, 6.07) is 6.94. The van der Waals surface area contributed by atoms with Crippen LogP contribution in [-0.4, -0.2) is 22.8 Å². The zero-order valence-corrected chi connectivity index (χ0v) is 12.5. The lowest BCUT2D eigenvalue weighted by molar-refractivity contribution is 0.0688. The molecule has 2 aromatic rings. The quantitative estimate of drug-likeness (QED) is 0.890. The van der Waals surface area contributed by atoms with Crippen molar-refractivity contribution < 1.29 is 14.6 Å². The molecule has 1 N–H and O–H groups in total. The number of ether oxygens (including phenoxy) is 1. The molecular formula is C12H9Br2NO3. The summed E-state index contributed by atoms with van der Waals surface area (Å²) in [6.07, 6.45) is 1.70. The molecule has 0 bridgehead atoms. The molecule has 0 spiro atoms. The SMILES string of the molecule is COc1cc(-n2cc(Br)cc2C(=O)O)ccc1Br. The number of benzene rings is 1. The van der Waals surface area contributed by atoms with Gasteiger partial charge in [-0.1, -0.05) is 0 Å². The van der Waals surface area contributed by atoms with Gasteiger partial charge in [0.15, 0.2) is 0 Å². The highest BCUT2D eigenvalue weighted by molar-refractivity contribution is 9.10. The molecule has 0 aliphatic carbocycles. The fraction of sp³-hybridized carbons (Fsp3) is 0.0833. The van der Waals surface area contributed by atoms with E-state index in [1.54, 1.807) is 30.0 Å². The van der Waals surface area contributed by atoms with E-state index in [9.17, 15) is 4.79 Å². The predicted molar refractivity (Wildman–Crippen MR) is 74.7 cm³/mol. The van der Waals surface area contributed by atoms with Crippen LogP contribution in [-0.2, 0) is 0 Å². The molecule has 0 saturated heterocycles. The molecule has 0 atom stereocenters. The summed E-state index contributed by atoms with van der Waals surface area (Å²) in [5.41, 5.74) is 0.907. The molecule has 1 aromatic heterocycles. The minimum atomic E-state index is -0.984. The molecule has 6 heteroatoms. The third-order valence-corrected chi connectivity index (χ3v) is 3.51. The van der Waals surface area contributed by atoms with E-state index in [2.05, 4.69) is 31.9 Å². The first kappa shape index (κ1) is 13.2. The average molecular weight is 375 g/mol. The number of hydrogen-bond donors (Lipinski definition) is 1. The van der Waals surface area contributed by atoms with Gasteiger partial charge in [-0.15, -0.1) is 0 Å². The third kappa shape index (κ3) is 2.44. The summed E-state index contributed by atoms with van der Waals surface area (Å²) in [7, 11) is 1.56. The van der Waals surface area contributed by atoms with Crippen LogP contribution < -0.4 is 4.74 Å². The smallest absolute Gasteiger partial charge is 0.352 e. The van der Waals surface area contributed by atoms with E-state index < -0.39 is 5.97 Å². The van der Waals surface area contributed by atoms with Crippen LogP contribution in [0.15, 0.2) is 39.4 Å². The summed E-state index contributed by atoms with van der Waals surface area (Å²) in [5, 5.41) is 9.14. The molecule has 0 fully saturated rings. The van der Waals surface area contributed by atoms with Crippen molar-refractivity contribution >= 4 is 37.8 Å². The number of rotatable bonds is 3. The fourth-order valence-electron chi connectivity index (χ4n) is 1.61. The standard InChI is InChI=1S/C12H9Br2NO3/c1-18-11-5-8(2-3-9(11)14)15-6-7(13)4-10(15)12(16)17/h2-6H,1H3,(H,16,17). The van der Waals surface area contributed by atoms with Crippen LogP contribution in [0.1, 0.15) is 10.5 Å². The fourth-order valence-corrected chi connectivity index (χ4v) is 2.44. The summed E-state index contributed by atoms with van der Waals surface area (Å²) in [4.78, 5) is 11.1.